The topological polar surface area (TPSA) is 78.5 Å². The molecule has 27 heavy (non-hydrogen) atoms. The molecule has 6 nitrogen and oxygen atoms in total. The summed E-state index contributed by atoms with van der Waals surface area (Å²) in [5.74, 6) is -1.29. The fourth-order valence-corrected chi connectivity index (χ4v) is 5.28. The number of carbonyl (C=O) groups excluding carboxylic acids is 1. The minimum Gasteiger partial charge on any atom is -0.334 e. The molecule has 2 saturated heterocycles. The Morgan fingerprint density at radius 3 is 2.56 bits per heavy atom. The highest BCUT2D eigenvalue weighted by Gasteiger charge is 2.42. The van der Waals surface area contributed by atoms with Gasteiger partial charge in [0.1, 0.15) is 16.8 Å². The second-order valence-electron chi connectivity index (χ2n) is 7.40. The summed E-state index contributed by atoms with van der Waals surface area (Å²) >= 11 is 0. The molecule has 2 fully saturated rings. The quantitative estimate of drug-likeness (QED) is 0.764. The molecule has 2 N–H and O–H groups in total. The van der Waals surface area contributed by atoms with Crippen LogP contribution in [0, 0.1) is 11.7 Å². The molecule has 3 atom stereocenters. The second-order valence-corrected chi connectivity index (χ2v) is 9.08. The molecule has 9 heteroatoms. The number of sulfonamides is 1. The molecule has 0 aromatic heterocycles. The SMILES string of the molecule is CC(C)C(NS(=O)(=O)c1ccccc1F)C(=O)N1C2CCNCC1CC2.Cl. The first-order chi connectivity index (χ1) is 12.3. The summed E-state index contributed by atoms with van der Waals surface area (Å²) in [4.78, 5) is 14.6. The van der Waals surface area contributed by atoms with Crippen molar-refractivity contribution >= 4 is 28.3 Å². The lowest BCUT2D eigenvalue weighted by molar-refractivity contribution is -0.136. The molecule has 0 radical (unpaired) electrons. The highest BCUT2D eigenvalue weighted by atomic mass is 35.5. The van der Waals surface area contributed by atoms with Crippen molar-refractivity contribution in [3.05, 3.63) is 30.1 Å². The average Bonchev–Trinajstić information content (AvgIpc) is 2.85. The van der Waals surface area contributed by atoms with Gasteiger partial charge < -0.3 is 10.2 Å². The third-order valence-corrected chi connectivity index (χ3v) is 6.72. The smallest absolute Gasteiger partial charge is 0.244 e. The third kappa shape index (κ3) is 4.62. The summed E-state index contributed by atoms with van der Waals surface area (Å²) in [7, 11) is -4.13. The van der Waals surface area contributed by atoms with Crippen molar-refractivity contribution in [3.8, 4) is 0 Å². The summed E-state index contributed by atoms with van der Waals surface area (Å²) in [5, 5.41) is 3.33. The maximum absolute atomic E-state index is 14.0. The van der Waals surface area contributed by atoms with E-state index in [1.54, 1.807) is 13.8 Å². The largest absolute Gasteiger partial charge is 0.334 e. The number of hydrogen-bond acceptors (Lipinski definition) is 4. The normalized spacial score (nSPS) is 23.6. The number of benzene rings is 1. The molecule has 0 aliphatic carbocycles. The van der Waals surface area contributed by atoms with Gasteiger partial charge in [-0.1, -0.05) is 26.0 Å². The summed E-state index contributed by atoms with van der Waals surface area (Å²) < 4.78 is 41.7. The molecular weight excluding hydrogens is 393 g/mol. The van der Waals surface area contributed by atoms with Crippen molar-refractivity contribution in [3.63, 3.8) is 0 Å². The Balaban J connectivity index is 0.00000261. The molecular formula is C18H27ClFN3O3S. The van der Waals surface area contributed by atoms with Gasteiger partial charge in [-0.3, -0.25) is 4.79 Å². The Morgan fingerprint density at radius 1 is 1.22 bits per heavy atom. The average molecular weight is 420 g/mol. The number of amides is 1. The predicted octanol–water partition coefficient (Wildman–Crippen LogP) is 1.90. The van der Waals surface area contributed by atoms with E-state index in [1.807, 2.05) is 4.90 Å². The van der Waals surface area contributed by atoms with Crippen LogP contribution < -0.4 is 10.0 Å². The number of carbonyl (C=O) groups is 1. The fraction of sp³-hybridized carbons (Fsp3) is 0.611. The predicted molar refractivity (Wildman–Crippen MR) is 104 cm³/mol. The first-order valence-corrected chi connectivity index (χ1v) is 10.6. The van der Waals surface area contributed by atoms with Crippen LogP contribution in [0.4, 0.5) is 4.39 Å². The standard InChI is InChI=1S/C18H26FN3O3S.ClH/c1-12(2)17(21-26(24,25)16-6-4-3-5-15(16)19)18(23)22-13-7-8-14(22)11-20-10-9-13;/h3-6,12-14,17,20-21H,7-11H2,1-2H3;1H. The fourth-order valence-electron chi connectivity index (χ4n) is 3.87. The minimum atomic E-state index is -4.13. The van der Waals surface area contributed by atoms with Crippen LogP contribution >= 0.6 is 12.4 Å². The zero-order valence-corrected chi connectivity index (χ0v) is 17.2. The van der Waals surface area contributed by atoms with Crippen molar-refractivity contribution in [2.24, 2.45) is 5.92 Å². The van der Waals surface area contributed by atoms with Crippen molar-refractivity contribution in [2.75, 3.05) is 13.1 Å². The minimum absolute atomic E-state index is 0. The highest BCUT2D eigenvalue weighted by molar-refractivity contribution is 7.89. The van der Waals surface area contributed by atoms with Crippen LogP contribution in [-0.2, 0) is 14.8 Å². The van der Waals surface area contributed by atoms with E-state index in [9.17, 15) is 17.6 Å². The van der Waals surface area contributed by atoms with E-state index in [0.717, 1.165) is 38.4 Å². The molecule has 0 spiro atoms. The van der Waals surface area contributed by atoms with E-state index in [-0.39, 0.29) is 36.3 Å². The van der Waals surface area contributed by atoms with Crippen LogP contribution in [0.3, 0.4) is 0 Å². The number of halogens is 2. The molecule has 3 unspecified atom stereocenters. The maximum Gasteiger partial charge on any atom is 0.244 e. The lowest BCUT2D eigenvalue weighted by Crippen LogP contribution is -2.54. The molecule has 1 aromatic rings. The Bertz CT molecular complexity index is 761. The van der Waals surface area contributed by atoms with Crippen molar-refractivity contribution in [1.29, 1.82) is 0 Å². The zero-order chi connectivity index (χ0) is 18.9. The van der Waals surface area contributed by atoms with Crippen LogP contribution in [0.5, 0.6) is 0 Å². The van der Waals surface area contributed by atoms with Gasteiger partial charge >= 0.3 is 0 Å². The molecule has 2 bridgehead atoms. The first-order valence-electron chi connectivity index (χ1n) is 9.11. The van der Waals surface area contributed by atoms with Gasteiger partial charge in [-0.25, -0.2) is 12.8 Å². The van der Waals surface area contributed by atoms with Crippen LogP contribution in [0.15, 0.2) is 29.2 Å². The van der Waals surface area contributed by atoms with E-state index in [4.69, 9.17) is 0 Å². The van der Waals surface area contributed by atoms with E-state index in [1.165, 1.54) is 18.2 Å². The zero-order valence-electron chi connectivity index (χ0n) is 15.5. The number of nitrogens with one attached hydrogen (secondary N) is 2. The maximum atomic E-state index is 14.0. The molecule has 2 heterocycles. The van der Waals surface area contributed by atoms with Gasteiger partial charge in [0.2, 0.25) is 15.9 Å². The van der Waals surface area contributed by atoms with Gasteiger partial charge in [0.15, 0.2) is 0 Å². The van der Waals surface area contributed by atoms with Gasteiger partial charge in [0.05, 0.1) is 0 Å². The molecule has 2 aliphatic heterocycles. The van der Waals surface area contributed by atoms with Crippen LogP contribution in [0.1, 0.15) is 33.1 Å². The van der Waals surface area contributed by atoms with E-state index in [0.29, 0.717) is 0 Å². The van der Waals surface area contributed by atoms with E-state index in [2.05, 4.69) is 10.0 Å². The summed E-state index contributed by atoms with van der Waals surface area (Å²) in [5.41, 5.74) is 0. The summed E-state index contributed by atoms with van der Waals surface area (Å²) in [6, 6.07) is 4.52. The van der Waals surface area contributed by atoms with Gasteiger partial charge in [0.25, 0.3) is 0 Å². The number of nitrogens with zero attached hydrogens (tertiary/aromatic N) is 1. The first kappa shape index (κ1) is 22.1. The third-order valence-electron chi connectivity index (χ3n) is 5.25. The molecule has 152 valence electrons. The molecule has 1 amide bonds. The monoisotopic (exact) mass is 419 g/mol. The van der Waals surface area contributed by atoms with Gasteiger partial charge in [-0.15, -0.1) is 12.4 Å². The molecule has 3 rings (SSSR count). The van der Waals surface area contributed by atoms with Crippen LogP contribution in [-0.4, -0.2) is 50.4 Å². The van der Waals surface area contributed by atoms with Crippen molar-refractivity contribution in [2.45, 2.75) is 56.1 Å². The van der Waals surface area contributed by atoms with Gasteiger partial charge in [-0.2, -0.15) is 4.72 Å². The van der Waals surface area contributed by atoms with Crippen molar-refractivity contribution < 1.29 is 17.6 Å². The number of hydrogen-bond donors (Lipinski definition) is 2. The number of rotatable bonds is 5. The van der Waals surface area contributed by atoms with Crippen LogP contribution in [0.25, 0.3) is 0 Å². The lowest BCUT2D eigenvalue weighted by atomic mass is 10.0. The number of fused-ring (bicyclic) bond motifs is 2. The van der Waals surface area contributed by atoms with E-state index >= 15 is 0 Å². The Kier molecular flexibility index (Phi) is 7.24. The summed E-state index contributed by atoms with van der Waals surface area (Å²) in [6.07, 6.45) is 2.74. The van der Waals surface area contributed by atoms with Crippen molar-refractivity contribution in [1.82, 2.24) is 14.9 Å². The van der Waals surface area contributed by atoms with Gasteiger partial charge in [-0.05, 0) is 43.9 Å². The van der Waals surface area contributed by atoms with Gasteiger partial charge in [0, 0.05) is 18.6 Å². The Labute approximate surface area is 166 Å². The van der Waals surface area contributed by atoms with Crippen LogP contribution in [0.2, 0.25) is 0 Å². The summed E-state index contributed by atoms with van der Waals surface area (Å²) in [6.45, 7) is 5.18. The highest BCUT2D eigenvalue weighted by Crippen LogP contribution is 2.29. The van der Waals surface area contributed by atoms with E-state index < -0.39 is 26.8 Å². The lowest BCUT2D eigenvalue weighted by Gasteiger charge is -2.33. The molecule has 1 aromatic carbocycles. The molecule has 2 aliphatic rings. The Morgan fingerprint density at radius 2 is 1.89 bits per heavy atom. The molecule has 0 saturated carbocycles. The second kappa shape index (κ2) is 8.86. The Hall–Kier alpha value is -1.22.